The topological polar surface area (TPSA) is 85.7 Å². The van der Waals surface area contributed by atoms with Gasteiger partial charge in [-0.05, 0) is 53.5 Å². The van der Waals surface area contributed by atoms with Crippen LogP contribution >= 0.6 is 27.7 Å². The number of nitrogens with zero attached hydrogens (tertiary/aromatic N) is 3. The predicted octanol–water partition coefficient (Wildman–Crippen LogP) is 3.67. The standard InChI is InChI=1S/C19H21BrN4O3S/c1-5-6-27-18-15(20)8-14(9-16(18)26-4)10-21-24-17(25)11-28-19-22-12(2)7-13(3)23-19/h5,7-10H,1,6,11H2,2-4H3,(H,24,25)/b21-10-. The van der Waals surface area contributed by atoms with Gasteiger partial charge in [-0.25, -0.2) is 15.4 Å². The van der Waals surface area contributed by atoms with Crippen molar-refractivity contribution in [1.82, 2.24) is 15.4 Å². The van der Waals surface area contributed by atoms with Crippen LogP contribution in [0.15, 0.2) is 45.6 Å². The summed E-state index contributed by atoms with van der Waals surface area (Å²) in [5, 5.41) is 4.56. The number of nitrogens with one attached hydrogen (secondary N) is 1. The van der Waals surface area contributed by atoms with Crippen molar-refractivity contribution in [1.29, 1.82) is 0 Å². The molecule has 2 aromatic rings. The Balaban J connectivity index is 1.95. The molecule has 0 aliphatic carbocycles. The third kappa shape index (κ3) is 6.65. The fourth-order valence-electron chi connectivity index (χ4n) is 2.20. The third-order valence-electron chi connectivity index (χ3n) is 3.29. The Kier molecular flexibility index (Phi) is 8.46. The second-order valence-corrected chi connectivity index (χ2v) is 7.45. The molecule has 0 saturated carbocycles. The number of rotatable bonds is 9. The van der Waals surface area contributed by atoms with Gasteiger partial charge >= 0.3 is 0 Å². The maximum absolute atomic E-state index is 12.0. The highest BCUT2D eigenvalue weighted by Crippen LogP contribution is 2.36. The van der Waals surface area contributed by atoms with Gasteiger partial charge in [0.25, 0.3) is 5.91 Å². The Morgan fingerprint density at radius 3 is 2.68 bits per heavy atom. The highest BCUT2D eigenvalue weighted by Gasteiger charge is 2.11. The largest absolute Gasteiger partial charge is 0.493 e. The molecule has 0 unspecified atom stereocenters. The summed E-state index contributed by atoms with van der Waals surface area (Å²) in [5.74, 6) is 1.04. The first-order valence-corrected chi connectivity index (χ1v) is 10.1. The van der Waals surface area contributed by atoms with Crippen LogP contribution < -0.4 is 14.9 Å². The minimum absolute atomic E-state index is 0.168. The molecule has 0 fully saturated rings. The van der Waals surface area contributed by atoms with Crippen LogP contribution in [0, 0.1) is 13.8 Å². The first kappa shape index (κ1) is 21.9. The zero-order valence-electron chi connectivity index (χ0n) is 15.9. The van der Waals surface area contributed by atoms with E-state index < -0.39 is 0 Å². The van der Waals surface area contributed by atoms with Crippen molar-refractivity contribution < 1.29 is 14.3 Å². The van der Waals surface area contributed by atoms with Crippen molar-refractivity contribution in [2.75, 3.05) is 19.5 Å². The normalized spacial score (nSPS) is 10.7. The van der Waals surface area contributed by atoms with Gasteiger partial charge in [0.1, 0.15) is 6.61 Å². The molecule has 7 nitrogen and oxygen atoms in total. The van der Waals surface area contributed by atoms with Crippen molar-refractivity contribution in [2.24, 2.45) is 5.10 Å². The van der Waals surface area contributed by atoms with Crippen molar-refractivity contribution in [3.05, 3.63) is 52.3 Å². The van der Waals surface area contributed by atoms with E-state index >= 15 is 0 Å². The van der Waals surface area contributed by atoms with E-state index in [2.05, 4.69) is 43.0 Å². The summed E-state index contributed by atoms with van der Waals surface area (Å²) < 4.78 is 11.6. The highest BCUT2D eigenvalue weighted by atomic mass is 79.9. The summed E-state index contributed by atoms with van der Waals surface area (Å²) >= 11 is 4.71. The summed E-state index contributed by atoms with van der Waals surface area (Å²) in [4.78, 5) is 20.6. The third-order valence-corrected chi connectivity index (χ3v) is 4.73. The summed E-state index contributed by atoms with van der Waals surface area (Å²) in [6.45, 7) is 7.77. The summed E-state index contributed by atoms with van der Waals surface area (Å²) in [6.07, 6.45) is 3.18. The quantitative estimate of drug-likeness (QED) is 0.200. The van der Waals surface area contributed by atoms with Crippen LogP contribution in [0.25, 0.3) is 0 Å². The lowest BCUT2D eigenvalue weighted by Gasteiger charge is -2.12. The van der Waals surface area contributed by atoms with Crippen LogP contribution in [-0.2, 0) is 4.79 Å². The maximum Gasteiger partial charge on any atom is 0.250 e. The Morgan fingerprint density at radius 2 is 2.04 bits per heavy atom. The SMILES string of the molecule is C=CCOc1c(Br)cc(/C=N\NC(=O)CSc2nc(C)cc(C)n2)cc1OC. The lowest BCUT2D eigenvalue weighted by Crippen LogP contribution is -2.19. The number of hydrogen-bond donors (Lipinski definition) is 1. The molecular weight excluding hydrogens is 444 g/mol. The minimum Gasteiger partial charge on any atom is -0.493 e. The van der Waals surface area contributed by atoms with Gasteiger partial charge in [0.05, 0.1) is 23.5 Å². The molecule has 1 heterocycles. The Morgan fingerprint density at radius 1 is 1.32 bits per heavy atom. The molecule has 0 radical (unpaired) electrons. The van der Waals surface area contributed by atoms with Crippen LogP contribution in [0.1, 0.15) is 17.0 Å². The average molecular weight is 465 g/mol. The molecule has 0 aliphatic rings. The summed E-state index contributed by atoms with van der Waals surface area (Å²) in [6, 6.07) is 5.46. The Hall–Kier alpha value is -2.39. The van der Waals surface area contributed by atoms with Crippen LogP contribution in [0.2, 0.25) is 0 Å². The molecule has 1 aromatic heterocycles. The molecule has 0 bridgehead atoms. The van der Waals surface area contributed by atoms with E-state index in [9.17, 15) is 4.79 Å². The number of methoxy groups -OCH3 is 1. The van der Waals surface area contributed by atoms with Gasteiger partial charge < -0.3 is 9.47 Å². The number of aromatic nitrogens is 2. The van der Waals surface area contributed by atoms with Gasteiger partial charge in [-0.2, -0.15) is 5.10 Å². The molecule has 148 valence electrons. The molecule has 0 saturated heterocycles. The predicted molar refractivity (Wildman–Crippen MR) is 114 cm³/mol. The first-order valence-electron chi connectivity index (χ1n) is 8.31. The van der Waals surface area contributed by atoms with E-state index in [-0.39, 0.29) is 11.7 Å². The molecule has 0 aliphatic heterocycles. The van der Waals surface area contributed by atoms with E-state index in [4.69, 9.17) is 9.47 Å². The van der Waals surface area contributed by atoms with Gasteiger partial charge in [0.15, 0.2) is 16.7 Å². The number of aryl methyl sites for hydroxylation is 2. The van der Waals surface area contributed by atoms with Crippen molar-refractivity contribution in [2.45, 2.75) is 19.0 Å². The van der Waals surface area contributed by atoms with Crippen molar-refractivity contribution in [3.8, 4) is 11.5 Å². The first-order chi connectivity index (χ1) is 13.4. The van der Waals surface area contributed by atoms with E-state index in [1.165, 1.54) is 18.0 Å². The van der Waals surface area contributed by atoms with E-state index in [1.54, 1.807) is 19.3 Å². The fraction of sp³-hybridized carbons (Fsp3) is 0.263. The Bertz CT molecular complexity index is 869. The molecule has 0 spiro atoms. The molecule has 0 atom stereocenters. The van der Waals surface area contributed by atoms with Gasteiger partial charge in [0.2, 0.25) is 0 Å². The highest BCUT2D eigenvalue weighted by molar-refractivity contribution is 9.10. The maximum atomic E-state index is 12.0. The average Bonchev–Trinajstić information content (AvgIpc) is 2.64. The number of hydrogen-bond acceptors (Lipinski definition) is 7. The van der Waals surface area contributed by atoms with Gasteiger partial charge in [-0.15, -0.1) is 0 Å². The molecule has 2 rings (SSSR count). The number of ether oxygens (including phenoxy) is 2. The van der Waals surface area contributed by atoms with Crippen molar-refractivity contribution in [3.63, 3.8) is 0 Å². The van der Waals surface area contributed by atoms with E-state index in [1.807, 2.05) is 26.0 Å². The molecule has 1 N–H and O–H groups in total. The zero-order chi connectivity index (χ0) is 20.5. The van der Waals surface area contributed by atoms with E-state index in [0.717, 1.165) is 17.0 Å². The molecule has 9 heteroatoms. The van der Waals surface area contributed by atoms with Crippen LogP contribution in [0.5, 0.6) is 11.5 Å². The molecule has 1 amide bonds. The lowest BCUT2D eigenvalue weighted by molar-refractivity contribution is -0.118. The number of carbonyl (C=O) groups is 1. The molecule has 1 aromatic carbocycles. The summed E-state index contributed by atoms with van der Waals surface area (Å²) in [7, 11) is 1.55. The van der Waals surface area contributed by atoms with Crippen molar-refractivity contribution >= 4 is 39.8 Å². The summed E-state index contributed by atoms with van der Waals surface area (Å²) in [5.41, 5.74) is 4.96. The number of benzene rings is 1. The number of amides is 1. The number of hydrazone groups is 1. The molecular formula is C19H21BrN4O3S. The van der Waals surface area contributed by atoms with Crippen LogP contribution in [0.3, 0.4) is 0 Å². The number of halogens is 1. The van der Waals surface area contributed by atoms with Crippen LogP contribution in [-0.4, -0.2) is 41.6 Å². The Labute approximate surface area is 176 Å². The van der Waals surface area contributed by atoms with Gasteiger partial charge in [-0.3, -0.25) is 4.79 Å². The monoisotopic (exact) mass is 464 g/mol. The second-order valence-electron chi connectivity index (χ2n) is 5.65. The van der Waals surface area contributed by atoms with Gasteiger partial charge in [-0.1, -0.05) is 24.4 Å². The number of thioether (sulfide) groups is 1. The fourth-order valence-corrected chi connectivity index (χ4v) is 3.51. The second kappa shape index (κ2) is 10.8. The van der Waals surface area contributed by atoms with E-state index in [0.29, 0.717) is 27.7 Å². The van der Waals surface area contributed by atoms with Gasteiger partial charge in [0, 0.05) is 11.4 Å². The smallest absolute Gasteiger partial charge is 0.250 e. The molecule has 28 heavy (non-hydrogen) atoms. The zero-order valence-corrected chi connectivity index (χ0v) is 18.3. The van der Waals surface area contributed by atoms with Crippen LogP contribution in [0.4, 0.5) is 0 Å². The lowest BCUT2D eigenvalue weighted by atomic mass is 10.2. The minimum atomic E-state index is -0.249. The number of carbonyl (C=O) groups excluding carboxylic acids is 1.